The van der Waals surface area contributed by atoms with Gasteiger partial charge >= 0.3 is 0 Å². The van der Waals surface area contributed by atoms with Gasteiger partial charge in [0.15, 0.2) is 9.84 Å². The second-order valence-electron chi connectivity index (χ2n) is 5.17. The van der Waals surface area contributed by atoms with Crippen molar-refractivity contribution in [1.29, 1.82) is 0 Å². The highest BCUT2D eigenvalue weighted by atomic mass is 32.2. The molecule has 1 rings (SSSR count). The molecule has 0 aliphatic carbocycles. The van der Waals surface area contributed by atoms with Gasteiger partial charge in [-0.2, -0.15) is 0 Å². The summed E-state index contributed by atoms with van der Waals surface area (Å²) in [4.78, 5) is 0. The summed E-state index contributed by atoms with van der Waals surface area (Å²) in [5.41, 5.74) is 0. The van der Waals surface area contributed by atoms with Gasteiger partial charge in [0.1, 0.15) is 0 Å². The summed E-state index contributed by atoms with van der Waals surface area (Å²) in [6.45, 7) is 6.26. The molecule has 0 aromatic carbocycles. The predicted octanol–water partition coefficient (Wildman–Crippen LogP) is 1.22. The van der Waals surface area contributed by atoms with Gasteiger partial charge in [-0.25, -0.2) is 8.42 Å². The maximum Gasteiger partial charge on any atom is 0.151 e. The molecule has 1 saturated heterocycles. The van der Waals surface area contributed by atoms with Crippen LogP contribution in [-0.4, -0.2) is 45.7 Å². The van der Waals surface area contributed by atoms with Crippen molar-refractivity contribution in [2.75, 3.05) is 31.2 Å². The van der Waals surface area contributed by atoms with Crippen molar-refractivity contribution in [1.82, 2.24) is 5.32 Å². The van der Waals surface area contributed by atoms with Crippen LogP contribution in [-0.2, 0) is 14.6 Å². The topological polar surface area (TPSA) is 55.4 Å². The van der Waals surface area contributed by atoms with Crippen molar-refractivity contribution < 1.29 is 13.2 Å². The van der Waals surface area contributed by atoms with Crippen LogP contribution in [0.25, 0.3) is 0 Å². The summed E-state index contributed by atoms with van der Waals surface area (Å²) in [6.07, 6.45) is 3.26. The van der Waals surface area contributed by atoms with E-state index in [2.05, 4.69) is 5.32 Å². The van der Waals surface area contributed by atoms with Gasteiger partial charge in [0.05, 0.1) is 17.6 Å². The Morgan fingerprint density at radius 3 is 2.71 bits per heavy atom. The average Bonchev–Trinajstić information content (AvgIpc) is 2.75. The van der Waals surface area contributed by atoms with Crippen LogP contribution < -0.4 is 5.32 Å². The van der Waals surface area contributed by atoms with Crippen LogP contribution in [0.5, 0.6) is 0 Å². The molecule has 102 valence electrons. The first-order valence-electron chi connectivity index (χ1n) is 6.52. The summed E-state index contributed by atoms with van der Waals surface area (Å²) in [5.74, 6) is 1.00. The second-order valence-corrected chi connectivity index (χ2v) is 7.48. The Labute approximate surface area is 105 Å². The van der Waals surface area contributed by atoms with E-state index >= 15 is 0 Å². The highest BCUT2D eigenvalue weighted by Gasteiger charge is 2.15. The standard InChI is InChI=1S/C12H25NO3S/c1-11(2)5-8-17(14,15)9-6-13-10-12-4-3-7-16-12/h11-13H,3-10H2,1-2H3. The summed E-state index contributed by atoms with van der Waals surface area (Å²) in [5, 5.41) is 3.17. The molecule has 0 radical (unpaired) electrons. The van der Waals surface area contributed by atoms with Crippen LogP contribution in [0.1, 0.15) is 33.1 Å². The lowest BCUT2D eigenvalue weighted by atomic mass is 10.2. The van der Waals surface area contributed by atoms with Crippen LogP contribution >= 0.6 is 0 Å². The Bertz CT molecular complexity index is 295. The molecule has 1 fully saturated rings. The summed E-state index contributed by atoms with van der Waals surface area (Å²) >= 11 is 0. The van der Waals surface area contributed by atoms with E-state index < -0.39 is 9.84 Å². The first-order valence-corrected chi connectivity index (χ1v) is 8.34. The van der Waals surface area contributed by atoms with E-state index in [9.17, 15) is 8.42 Å². The molecule has 0 amide bonds. The molecule has 1 atom stereocenters. The molecule has 1 heterocycles. The van der Waals surface area contributed by atoms with Crippen LogP contribution in [0.2, 0.25) is 0 Å². The summed E-state index contributed by atoms with van der Waals surface area (Å²) in [7, 11) is -2.88. The number of hydrogen-bond donors (Lipinski definition) is 1. The lowest BCUT2D eigenvalue weighted by Crippen LogP contribution is -2.31. The molecule has 1 aliphatic rings. The van der Waals surface area contributed by atoms with E-state index in [-0.39, 0.29) is 11.9 Å². The average molecular weight is 263 g/mol. The molecule has 1 unspecified atom stereocenters. The highest BCUT2D eigenvalue weighted by Crippen LogP contribution is 2.10. The van der Waals surface area contributed by atoms with E-state index in [0.29, 0.717) is 18.2 Å². The van der Waals surface area contributed by atoms with E-state index in [1.54, 1.807) is 0 Å². The van der Waals surface area contributed by atoms with Crippen LogP contribution in [0, 0.1) is 5.92 Å². The minimum absolute atomic E-state index is 0.242. The first kappa shape index (κ1) is 14.9. The van der Waals surface area contributed by atoms with Crippen molar-refractivity contribution >= 4 is 9.84 Å². The Morgan fingerprint density at radius 1 is 1.35 bits per heavy atom. The lowest BCUT2D eigenvalue weighted by molar-refractivity contribution is 0.110. The van der Waals surface area contributed by atoms with Crippen LogP contribution in [0.15, 0.2) is 0 Å². The Balaban J connectivity index is 2.07. The van der Waals surface area contributed by atoms with Gasteiger partial charge < -0.3 is 10.1 Å². The first-order chi connectivity index (χ1) is 7.99. The normalized spacial score (nSPS) is 21.2. The third kappa shape index (κ3) is 7.01. The molecule has 0 bridgehead atoms. The van der Waals surface area contributed by atoms with Gasteiger partial charge in [-0.15, -0.1) is 0 Å². The number of rotatable bonds is 8. The molecule has 4 nitrogen and oxygen atoms in total. The SMILES string of the molecule is CC(C)CCS(=O)(=O)CCNCC1CCCO1. The van der Waals surface area contributed by atoms with Crippen molar-refractivity contribution in [3.8, 4) is 0 Å². The van der Waals surface area contributed by atoms with E-state index in [4.69, 9.17) is 4.74 Å². The van der Waals surface area contributed by atoms with Gasteiger partial charge in [-0.1, -0.05) is 13.8 Å². The number of sulfone groups is 1. The molecule has 1 aliphatic heterocycles. The van der Waals surface area contributed by atoms with E-state index in [0.717, 1.165) is 32.4 Å². The van der Waals surface area contributed by atoms with Gasteiger partial charge in [-0.3, -0.25) is 0 Å². The molecule has 0 saturated carbocycles. The van der Waals surface area contributed by atoms with Crippen molar-refractivity contribution in [2.45, 2.75) is 39.2 Å². The van der Waals surface area contributed by atoms with E-state index in [1.165, 1.54) is 0 Å². The fourth-order valence-electron chi connectivity index (χ4n) is 1.81. The molecular formula is C12H25NO3S. The predicted molar refractivity (Wildman–Crippen MR) is 70.0 cm³/mol. The second kappa shape index (κ2) is 7.34. The Morgan fingerprint density at radius 2 is 2.12 bits per heavy atom. The molecule has 0 aromatic heterocycles. The van der Waals surface area contributed by atoms with Crippen molar-refractivity contribution in [2.24, 2.45) is 5.92 Å². The number of hydrogen-bond acceptors (Lipinski definition) is 4. The Hall–Kier alpha value is -0.130. The quantitative estimate of drug-likeness (QED) is 0.669. The minimum atomic E-state index is -2.88. The highest BCUT2D eigenvalue weighted by molar-refractivity contribution is 7.91. The Kier molecular flexibility index (Phi) is 6.44. The van der Waals surface area contributed by atoms with Crippen LogP contribution in [0.3, 0.4) is 0 Å². The van der Waals surface area contributed by atoms with Gasteiger partial charge in [0.25, 0.3) is 0 Å². The third-order valence-corrected chi connectivity index (χ3v) is 4.68. The molecular weight excluding hydrogens is 238 g/mol. The van der Waals surface area contributed by atoms with Gasteiger partial charge in [-0.05, 0) is 25.2 Å². The largest absolute Gasteiger partial charge is 0.377 e. The zero-order valence-corrected chi connectivity index (χ0v) is 11.8. The fraction of sp³-hybridized carbons (Fsp3) is 1.00. The van der Waals surface area contributed by atoms with Crippen molar-refractivity contribution in [3.63, 3.8) is 0 Å². The smallest absolute Gasteiger partial charge is 0.151 e. The zero-order valence-electron chi connectivity index (χ0n) is 10.9. The number of ether oxygens (including phenoxy) is 1. The maximum absolute atomic E-state index is 11.7. The summed E-state index contributed by atoms with van der Waals surface area (Å²) in [6, 6.07) is 0. The van der Waals surface area contributed by atoms with Gasteiger partial charge in [0, 0.05) is 19.7 Å². The maximum atomic E-state index is 11.7. The lowest BCUT2D eigenvalue weighted by Gasteiger charge is -2.11. The fourth-order valence-corrected chi connectivity index (χ4v) is 3.30. The van der Waals surface area contributed by atoms with Crippen molar-refractivity contribution in [3.05, 3.63) is 0 Å². The van der Waals surface area contributed by atoms with Gasteiger partial charge in [0.2, 0.25) is 0 Å². The molecule has 0 spiro atoms. The molecule has 1 N–H and O–H groups in total. The third-order valence-electron chi connectivity index (χ3n) is 2.99. The monoisotopic (exact) mass is 263 g/mol. The summed E-state index contributed by atoms with van der Waals surface area (Å²) < 4.78 is 28.8. The van der Waals surface area contributed by atoms with Crippen LogP contribution in [0.4, 0.5) is 0 Å². The molecule has 0 aromatic rings. The molecule has 5 heteroatoms. The molecule has 17 heavy (non-hydrogen) atoms. The minimum Gasteiger partial charge on any atom is -0.377 e. The van der Waals surface area contributed by atoms with E-state index in [1.807, 2.05) is 13.8 Å². The number of nitrogens with one attached hydrogen (secondary N) is 1. The zero-order chi connectivity index (χ0) is 12.7.